The average Bonchev–Trinajstić information content (AvgIpc) is 2.55. The Labute approximate surface area is 147 Å². The van der Waals surface area contributed by atoms with Gasteiger partial charge in [-0.05, 0) is 35.9 Å². The van der Waals surface area contributed by atoms with Crippen LogP contribution in [0.5, 0.6) is 0 Å². The number of amides is 1. The zero-order valence-electron chi connectivity index (χ0n) is 12.9. The molecule has 0 atom stereocenters. The van der Waals surface area contributed by atoms with E-state index in [2.05, 4.69) is 0 Å². The van der Waals surface area contributed by atoms with Crippen LogP contribution in [-0.2, 0) is 16.4 Å². The Morgan fingerprint density at radius 2 is 1.64 bits per heavy atom. The second-order valence-corrected chi connectivity index (χ2v) is 7.57. The topological polar surface area (TPSA) is 54.5 Å². The van der Waals surface area contributed by atoms with Crippen molar-refractivity contribution in [3.63, 3.8) is 0 Å². The van der Waals surface area contributed by atoms with Gasteiger partial charge in [0.25, 0.3) is 15.7 Å². The van der Waals surface area contributed by atoms with Gasteiger partial charge < -0.3 is 4.90 Å². The smallest absolute Gasteiger partial charge is 0.337 e. The number of rotatable bonds is 4. The second kappa shape index (κ2) is 7.05. The third-order valence-electron chi connectivity index (χ3n) is 3.43. The lowest BCUT2D eigenvalue weighted by Crippen LogP contribution is -2.26. The summed E-state index contributed by atoms with van der Waals surface area (Å²) in [5.74, 6) is -0.476. The summed E-state index contributed by atoms with van der Waals surface area (Å²) < 4.78 is 60.2. The molecule has 0 spiro atoms. The number of hydrogen-bond acceptors (Lipinski definition) is 3. The first kappa shape index (κ1) is 19.3. The van der Waals surface area contributed by atoms with Gasteiger partial charge in [-0.3, -0.25) is 4.79 Å². The highest BCUT2D eigenvalue weighted by Gasteiger charge is 2.46. The molecule has 0 unspecified atom stereocenters. The van der Waals surface area contributed by atoms with Crippen LogP contribution in [0.1, 0.15) is 15.9 Å². The number of alkyl halides is 3. The molecule has 0 aromatic heterocycles. The van der Waals surface area contributed by atoms with E-state index in [4.69, 9.17) is 11.6 Å². The monoisotopic (exact) mass is 391 g/mol. The molecule has 25 heavy (non-hydrogen) atoms. The van der Waals surface area contributed by atoms with Crippen LogP contribution in [0, 0.1) is 0 Å². The summed E-state index contributed by atoms with van der Waals surface area (Å²) >= 11 is 6.02. The van der Waals surface area contributed by atoms with Crippen LogP contribution in [0.4, 0.5) is 13.2 Å². The van der Waals surface area contributed by atoms with E-state index in [0.29, 0.717) is 10.6 Å². The maximum Gasteiger partial charge on any atom is 0.501 e. The van der Waals surface area contributed by atoms with Crippen molar-refractivity contribution in [2.75, 3.05) is 7.05 Å². The van der Waals surface area contributed by atoms with E-state index in [1.54, 1.807) is 24.3 Å². The number of hydrogen-bond donors (Lipinski definition) is 0. The molecule has 2 rings (SSSR count). The van der Waals surface area contributed by atoms with Crippen molar-refractivity contribution in [2.24, 2.45) is 0 Å². The third kappa shape index (κ3) is 4.13. The van der Waals surface area contributed by atoms with Gasteiger partial charge in [-0.15, -0.1) is 0 Å². The lowest BCUT2D eigenvalue weighted by molar-refractivity contribution is -0.0436. The maximum atomic E-state index is 12.5. The van der Waals surface area contributed by atoms with Crippen LogP contribution >= 0.6 is 11.6 Å². The van der Waals surface area contributed by atoms with Crippen molar-refractivity contribution < 1.29 is 26.4 Å². The molecule has 9 heteroatoms. The number of sulfone groups is 1. The molecule has 0 radical (unpaired) electrons. The SMILES string of the molecule is CN(Cc1ccccc1Cl)C(=O)c1ccc(S(=O)(=O)C(F)(F)F)cc1. The molecule has 0 heterocycles. The lowest BCUT2D eigenvalue weighted by atomic mass is 10.1. The van der Waals surface area contributed by atoms with Crippen LogP contribution in [0.3, 0.4) is 0 Å². The molecular weight excluding hydrogens is 379 g/mol. The molecule has 0 fully saturated rings. The van der Waals surface area contributed by atoms with Gasteiger partial charge in [0.15, 0.2) is 0 Å². The summed E-state index contributed by atoms with van der Waals surface area (Å²) in [5, 5.41) is 0.480. The zero-order valence-corrected chi connectivity index (χ0v) is 14.5. The standard InChI is InChI=1S/C16H13ClF3NO3S/c1-21(10-12-4-2-3-5-14(12)17)15(22)11-6-8-13(9-7-11)25(23,24)16(18,19)20/h2-9H,10H2,1H3. The van der Waals surface area contributed by atoms with Crippen LogP contribution < -0.4 is 0 Å². The Morgan fingerprint density at radius 3 is 2.16 bits per heavy atom. The lowest BCUT2D eigenvalue weighted by Gasteiger charge is -2.18. The first-order chi connectivity index (χ1) is 11.5. The van der Waals surface area contributed by atoms with Gasteiger partial charge in [0, 0.05) is 24.2 Å². The molecule has 0 bridgehead atoms. The van der Waals surface area contributed by atoms with Crippen molar-refractivity contribution in [3.8, 4) is 0 Å². The highest BCUT2D eigenvalue weighted by Crippen LogP contribution is 2.30. The van der Waals surface area contributed by atoms with E-state index in [9.17, 15) is 26.4 Å². The van der Waals surface area contributed by atoms with Crippen LogP contribution in [0.25, 0.3) is 0 Å². The van der Waals surface area contributed by atoms with Crippen molar-refractivity contribution >= 4 is 27.3 Å². The van der Waals surface area contributed by atoms with E-state index >= 15 is 0 Å². The van der Waals surface area contributed by atoms with Gasteiger partial charge in [0.05, 0.1) is 4.90 Å². The number of carbonyl (C=O) groups is 1. The van der Waals surface area contributed by atoms with E-state index in [-0.39, 0.29) is 12.1 Å². The van der Waals surface area contributed by atoms with Gasteiger partial charge in [0.2, 0.25) is 0 Å². The molecule has 0 saturated carbocycles. The summed E-state index contributed by atoms with van der Waals surface area (Å²) in [4.78, 5) is 12.7. The average molecular weight is 392 g/mol. The van der Waals surface area contributed by atoms with Crippen molar-refractivity contribution in [2.45, 2.75) is 16.9 Å². The highest BCUT2D eigenvalue weighted by molar-refractivity contribution is 7.92. The fourth-order valence-electron chi connectivity index (χ4n) is 2.08. The van der Waals surface area contributed by atoms with Crippen LogP contribution in [0.15, 0.2) is 53.4 Å². The molecule has 1 amide bonds. The minimum atomic E-state index is -5.44. The Balaban J connectivity index is 2.19. The summed E-state index contributed by atoms with van der Waals surface area (Å²) in [6.07, 6.45) is 0. The Kier molecular flexibility index (Phi) is 5.43. The maximum absolute atomic E-state index is 12.5. The first-order valence-corrected chi connectivity index (χ1v) is 8.80. The molecule has 134 valence electrons. The molecule has 0 N–H and O–H groups in total. The molecule has 0 saturated heterocycles. The number of benzene rings is 2. The molecule has 0 aliphatic rings. The minimum absolute atomic E-state index is 0.0654. The number of nitrogens with zero attached hydrogens (tertiary/aromatic N) is 1. The van der Waals surface area contributed by atoms with Crippen molar-refractivity contribution in [3.05, 3.63) is 64.7 Å². The van der Waals surface area contributed by atoms with Gasteiger partial charge in [-0.1, -0.05) is 29.8 Å². The quantitative estimate of drug-likeness (QED) is 0.794. The third-order valence-corrected chi connectivity index (χ3v) is 5.30. The van der Waals surface area contributed by atoms with Gasteiger partial charge in [-0.2, -0.15) is 13.2 Å². The predicted octanol–water partition coefficient (Wildman–Crippen LogP) is 3.91. The van der Waals surface area contributed by atoms with Crippen LogP contribution in [-0.4, -0.2) is 31.8 Å². The van der Waals surface area contributed by atoms with E-state index < -0.39 is 26.1 Å². The summed E-state index contributed by atoms with van der Waals surface area (Å²) in [6.45, 7) is 0.196. The summed E-state index contributed by atoms with van der Waals surface area (Å²) in [7, 11) is -3.93. The minimum Gasteiger partial charge on any atom is -0.337 e. The summed E-state index contributed by atoms with van der Waals surface area (Å²) in [6, 6.07) is 10.5. The molecule has 2 aromatic rings. The highest BCUT2D eigenvalue weighted by atomic mass is 35.5. The van der Waals surface area contributed by atoms with Gasteiger partial charge in [-0.25, -0.2) is 8.42 Å². The molecule has 0 aliphatic heterocycles. The largest absolute Gasteiger partial charge is 0.501 e. The molecular formula is C16H13ClF3NO3S. The predicted molar refractivity (Wildman–Crippen MR) is 86.9 cm³/mol. The van der Waals surface area contributed by atoms with E-state index in [0.717, 1.165) is 24.3 Å². The fraction of sp³-hybridized carbons (Fsp3) is 0.188. The normalized spacial score (nSPS) is 12.0. The Bertz CT molecular complexity index is 880. The van der Waals surface area contributed by atoms with Crippen LogP contribution in [0.2, 0.25) is 5.02 Å². The Morgan fingerprint density at radius 1 is 1.08 bits per heavy atom. The molecule has 2 aromatic carbocycles. The second-order valence-electron chi connectivity index (χ2n) is 5.23. The number of halogens is 4. The van der Waals surface area contributed by atoms with E-state index in [1.807, 2.05) is 0 Å². The Hall–Kier alpha value is -2.06. The van der Waals surface area contributed by atoms with Crippen molar-refractivity contribution in [1.82, 2.24) is 4.90 Å². The number of carbonyl (C=O) groups excluding carboxylic acids is 1. The molecule has 0 aliphatic carbocycles. The van der Waals surface area contributed by atoms with Gasteiger partial charge >= 0.3 is 5.51 Å². The van der Waals surface area contributed by atoms with E-state index in [1.165, 1.54) is 11.9 Å². The zero-order chi connectivity index (χ0) is 18.8. The summed E-state index contributed by atoms with van der Waals surface area (Å²) in [5.41, 5.74) is -4.62. The fourth-order valence-corrected chi connectivity index (χ4v) is 3.04. The van der Waals surface area contributed by atoms with Crippen molar-refractivity contribution in [1.29, 1.82) is 0 Å². The molecule has 4 nitrogen and oxygen atoms in total. The first-order valence-electron chi connectivity index (χ1n) is 6.94. The van der Waals surface area contributed by atoms with Gasteiger partial charge in [0.1, 0.15) is 0 Å².